The van der Waals surface area contributed by atoms with E-state index in [0.29, 0.717) is 6.04 Å². The maximum Gasteiger partial charge on any atom is 0.137 e. The van der Waals surface area contributed by atoms with Gasteiger partial charge in [-0.05, 0) is 37.6 Å². The number of thioether (sulfide) groups is 1. The van der Waals surface area contributed by atoms with Gasteiger partial charge >= 0.3 is 0 Å². The first-order valence-corrected chi connectivity index (χ1v) is 8.59. The maximum atomic E-state index is 14.0. The fraction of sp³-hybridized carbons (Fsp3) is 0.625. The summed E-state index contributed by atoms with van der Waals surface area (Å²) >= 11 is 1.65. The second-order valence-electron chi connectivity index (χ2n) is 5.26. The van der Waals surface area contributed by atoms with Gasteiger partial charge in [-0.2, -0.15) is 0 Å². The second kappa shape index (κ2) is 8.01. The molecule has 0 saturated heterocycles. The first-order chi connectivity index (χ1) is 9.74. The summed E-state index contributed by atoms with van der Waals surface area (Å²) in [5.41, 5.74) is 1.10. The molecule has 0 aliphatic heterocycles. The molecule has 1 aromatic carbocycles. The summed E-state index contributed by atoms with van der Waals surface area (Å²) in [5.74, 6) is 0.864. The molecule has 0 unspecified atom stereocenters. The topological polar surface area (TPSA) is 15.3 Å². The fourth-order valence-electron chi connectivity index (χ4n) is 2.21. The summed E-state index contributed by atoms with van der Waals surface area (Å²) in [4.78, 5) is 3.20. The molecular weight excluding hydrogens is 271 g/mol. The van der Waals surface area contributed by atoms with Crippen LogP contribution in [0.3, 0.4) is 0 Å². The number of nitrogens with one attached hydrogen (secondary N) is 1. The summed E-state index contributed by atoms with van der Waals surface area (Å²) in [6.45, 7) is 8.26. The molecule has 112 valence electrons. The average molecular weight is 296 g/mol. The molecule has 0 spiro atoms. The summed E-state index contributed by atoms with van der Waals surface area (Å²) in [6.07, 6.45) is 2.53. The summed E-state index contributed by atoms with van der Waals surface area (Å²) in [5, 5.41) is 3.47. The van der Waals surface area contributed by atoms with E-state index in [-0.39, 0.29) is 5.82 Å². The van der Waals surface area contributed by atoms with Gasteiger partial charge in [0.2, 0.25) is 0 Å². The number of halogens is 1. The van der Waals surface area contributed by atoms with Crippen LogP contribution in [-0.4, -0.2) is 36.3 Å². The van der Waals surface area contributed by atoms with Crippen LogP contribution in [0.25, 0.3) is 0 Å². The number of hydrogen-bond donors (Lipinski definition) is 1. The molecule has 4 heteroatoms. The summed E-state index contributed by atoms with van der Waals surface area (Å²) < 4.78 is 14.0. The van der Waals surface area contributed by atoms with Gasteiger partial charge in [0.25, 0.3) is 0 Å². The zero-order valence-corrected chi connectivity index (χ0v) is 13.3. The quantitative estimate of drug-likeness (QED) is 0.702. The zero-order valence-electron chi connectivity index (χ0n) is 12.5. The van der Waals surface area contributed by atoms with Crippen LogP contribution >= 0.6 is 11.8 Å². The Hall–Kier alpha value is -0.580. The van der Waals surface area contributed by atoms with Crippen molar-refractivity contribution in [2.24, 2.45) is 0 Å². The Balaban J connectivity index is 1.90. The highest BCUT2D eigenvalue weighted by atomic mass is 32.2. The van der Waals surface area contributed by atoms with Crippen LogP contribution in [0, 0.1) is 5.82 Å². The Morgan fingerprint density at radius 3 is 2.70 bits per heavy atom. The van der Waals surface area contributed by atoms with E-state index in [4.69, 9.17) is 0 Å². The highest BCUT2D eigenvalue weighted by Gasteiger charge is 2.21. The molecular formula is C16H25FN2S. The van der Waals surface area contributed by atoms with Crippen molar-refractivity contribution < 1.29 is 4.39 Å². The third-order valence-electron chi connectivity index (χ3n) is 3.76. The summed E-state index contributed by atoms with van der Waals surface area (Å²) in [7, 11) is 0. The third-order valence-corrected chi connectivity index (χ3v) is 4.89. The molecule has 2 rings (SSSR count). The monoisotopic (exact) mass is 296 g/mol. The van der Waals surface area contributed by atoms with Gasteiger partial charge in [-0.25, -0.2) is 4.39 Å². The first-order valence-electron chi connectivity index (χ1n) is 7.60. The van der Waals surface area contributed by atoms with Crippen molar-refractivity contribution in [2.45, 2.75) is 44.2 Å². The number of hydrogen-bond acceptors (Lipinski definition) is 3. The van der Waals surface area contributed by atoms with E-state index in [1.165, 1.54) is 12.8 Å². The van der Waals surface area contributed by atoms with Gasteiger partial charge in [-0.15, -0.1) is 11.8 Å². The van der Waals surface area contributed by atoms with Gasteiger partial charge in [0, 0.05) is 29.8 Å². The SMILES string of the molecule is CCN(CC)CCSc1c(F)cccc1CNC1CC1. The molecule has 1 aliphatic carbocycles. The molecule has 1 N–H and O–H groups in total. The van der Waals surface area contributed by atoms with Crippen LogP contribution in [0.4, 0.5) is 4.39 Å². The lowest BCUT2D eigenvalue weighted by molar-refractivity contribution is 0.324. The molecule has 2 nitrogen and oxygen atoms in total. The van der Waals surface area contributed by atoms with Crippen LogP contribution in [0.15, 0.2) is 23.1 Å². The molecule has 0 aromatic heterocycles. The lowest BCUT2D eigenvalue weighted by Gasteiger charge is -2.18. The van der Waals surface area contributed by atoms with Gasteiger partial charge in [-0.1, -0.05) is 26.0 Å². The standard InChI is InChI=1S/C16H25FN2S/c1-3-19(4-2)10-11-20-16-13(6-5-7-15(16)17)12-18-14-8-9-14/h5-7,14,18H,3-4,8-12H2,1-2H3. The molecule has 20 heavy (non-hydrogen) atoms. The van der Waals surface area contributed by atoms with Crippen molar-refractivity contribution in [3.63, 3.8) is 0 Å². The molecule has 1 aliphatic rings. The molecule has 0 heterocycles. The van der Waals surface area contributed by atoms with Crippen LogP contribution in [-0.2, 0) is 6.54 Å². The third kappa shape index (κ3) is 4.76. The molecule has 1 aromatic rings. The Morgan fingerprint density at radius 1 is 1.30 bits per heavy atom. The van der Waals surface area contributed by atoms with E-state index in [0.717, 1.165) is 42.4 Å². The van der Waals surface area contributed by atoms with Crippen molar-refractivity contribution >= 4 is 11.8 Å². The Morgan fingerprint density at radius 2 is 2.05 bits per heavy atom. The average Bonchev–Trinajstić information content (AvgIpc) is 3.27. The van der Waals surface area contributed by atoms with Gasteiger partial charge in [0.05, 0.1) is 0 Å². The second-order valence-corrected chi connectivity index (χ2v) is 6.36. The minimum Gasteiger partial charge on any atom is -0.310 e. The highest BCUT2D eigenvalue weighted by Crippen LogP contribution is 2.27. The predicted molar refractivity (Wildman–Crippen MR) is 84.8 cm³/mol. The van der Waals surface area contributed by atoms with E-state index in [2.05, 4.69) is 24.1 Å². The number of rotatable bonds is 9. The van der Waals surface area contributed by atoms with E-state index in [1.54, 1.807) is 17.8 Å². The number of benzene rings is 1. The molecule has 0 atom stereocenters. The molecule has 0 amide bonds. The van der Waals surface area contributed by atoms with Crippen LogP contribution in [0.1, 0.15) is 32.3 Å². The molecule has 0 radical (unpaired) electrons. The normalized spacial score (nSPS) is 15.0. The zero-order chi connectivity index (χ0) is 14.4. The minimum atomic E-state index is -0.0790. The van der Waals surface area contributed by atoms with E-state index in [9.17, 15) is 4.39 Å². The van der Waals surface area contributed by atoms with Gasteiger partial charge < -0.3 is 10.2 Å². The largest absolute Gasteiger partial charge is 0.310 e. The Bertz CT molecular complexity index is 417. The van der Waals surface area contributed by atoms with Crippen LogP contribution in [0.5, 0.6) is 0 Å². The first kappa shape index (κ1) is 15.8. The smallest absolute Gasteiger partial charge is 0.137 e. The lowest BCUT2D eigenvalue weighted by Crippen LogP contribution is -2.25. The van der Waals surface area contributed by atoms with E-state index < -0.39 is 0 Å². The fourth-order valence-corrected chi connectivity index (χ4v) is 3.30. The highest BCUT2D eigenvalue weighted by molar-refractivity contribution is 7.99. The van der Waals surface area contributed by atoms with Crippen molar-refractivity contribution in [1.29, 1.82) is 0 Å². The van der Waals surface area contributed by atoms with Gasteiger partial charge in [0.1, 0.15) is 5.82 Å². The maximum absolute atomic E-state index is 14.0. The van der Waals surface area contributed by atoms with Crippen LogP contribution < -0.4 is 5.32 Å². The van der Waals surface area contributed by atoms with Crippen molar-refractivity contribution in [3.8, 4) is 0 Å². The Labute approximate surface area is 126 Å². The predicted octanol–water partition coefficient (Wildman–Crippen LogP) is 3.51. The van der Waals surface area contributed by atoms with E-state index >= 15 is 0 Å². The number of nitrogens with zero attached hydrogens (tertiary/aromatic N) is 1. The van der Waals surface area contributed by atoms with Crippen molar-refractivity contribution in [1.82, 2.24) is 10.2 Å². The van der Waals surface area contributed by atoms with Crippen molar-refractivity contribution in [2.75, 3.05) is 25.4 Å². The molecule has 1 saturated carbocycles. The molecule has 1 fully saturated rings. The van der Waals surface area contributed by atoms with Gasteiger partial charge in [-0.3, -0.25) is 0 Å². The Kier molecular flexibility index (Phi) is 6.33. The molecule has 0 bridgehead atoms. The van der Waals surface area contributed by atoms with E-state index in [1.807, 2.05) is 12.1 Å². The summed E-state index contributed by atoms with van der Waals surface area (Å²) in [6, 6.07) is 6.08. The van der Waals surface area contributed by atoms with Gasteiger partial charge in [0.15, 0.2) is 0 Å². The van der Waals surface area contributed by atoms with Crippen LogP contribution in [0.2, 0.25) is 0 Å². The lowest BCUT2D eigenvalue weighted by atomic mass is 10.2. The minimum absolute atomic E-state index is 0.0790. The van der Waals surface area contributed by atoms with Crippen molar-refractivity contribution in [3.05, 3.63) is 29.6 Å².